The van der Waals surface area contributed by atoms with Crippen molar-refractivity contribution in [3.63, 3.8) is 0 Å². The number of hydrogen-bond acceptors (Lipinski definition) is 5. The summed E-state index contributed by atoms with van der Waals surface area (Å²) < 4.78 is 31.5. The first-order valence-electron chi connectivity index (χ1n) is 8.40. The number of nitrogens with zero attached hydrogens (tertiary/aromatic N) is 3. The van der Waals surface area contributed by atoms with Crippen LogP contribution in [0.2, 0.25) is 0 Å². The fourth-order valence-electron chi connectivity index (χ4n) is 3.23. The van der Waals surface area contributed by atoms with E-state index in [-0.39, 0.29) is 18.7 Å². The van der Waals surface area contributed by atoms with Crippen LogP contribution in [0.1, 0.15) is 13.3 Å². The van der Waals surface area contributed by atoms with E-state index in [2.05, 4.69) is 0 Å². The highest BCUT2D eigenvalue weighted by Gasteiger charge is 2.43. The number of rotatable bonds is 3. The molecule has 2 fully saturated rings. The van der Waals surface area contributed by atoms with E-state index < -0.39 is 35.6 Å². The molecule has 0 aliphatic carbocycles. The Bertz CT molecular complexity index is 735. The minimum absolute atomic E-state index is 0.0200. The van der Waals surface area contributed by atoms with Crippen molar-refractivity contribution in [2.45, 2.75) is 19.4 Å². The van der Waals surface area contributed by atoms with Gasteiger partial charge in [0.25, 0.3) is 5.91 Å². The Kier molecular flexibility index (Phi) is 5.17. The highest BCUT2D eigenvalue weighted by Crippen LogP contribution is 2.27. The summed E-state index contributed by atoms with van der Waals surface area (Å²) in [5, 5.41) is 0. The molecular weight excluding hydrogens is 348 g/mol. The number of piperazine rings is 1. The average Bonchev–Trinajstić information content (AvgIpc) is 2.92. The number of halogens is 2. The van der Waals surface area contributed by atoms with Gasteiger partial charge < -0.3 is 9.64 Å². The second kappa shape index (κ2) is 7.36. The molecule has 1 aromatic rings. The Hall–Kier alpha value is -2.55. The van der Waals surface area contributed by atoms with Crippen molar-refractivity contribution in [2.24, 2.45) is 0 Å². The molecule has 3 rings (SSSR count). The highest BCUT2D eigenvalue weighted by atomic mass is 19.2. The summed E-state index contributed by atoms with van der Waals surface area (Å²) in [6.07, 6.45) is -0.429. The van der Waals surface area contributed by atoms with Crippen molar-refractivity contribution in [3.05, 3.63) is 29.8 Å². The van der Waals surface area contributed by atoms with Crippen molar-refractivity contribution in [2.75, 3.05) is 37.7 Å². The minimum Gasteiger partial charge on any atom is -0.450 e. The Morgan fingerprint density at radius 1 is 1.15 bits per heavy atom. The molecule has 26 heavy (non-hydrogen) atoms. The van der Waals surface area contributed by atoms with Crippen molar-refractivity contribution in [1.29, 1.82) is 0 Å². The number of ether oxygens (including phenoxy) is 1. The molecule has 3 amide bonds. The third-order valence-corrected chi connectivity index (χ3v) is 4.57. The topological polar surface area (TPSA) is 70.2 Å². The number of imide groups is 1. The van der Waals surface area contributed by atoms with E-state index in [1.807, 2.05) is 4.90 Å². The molecule has 0 N–H and O–H groups in total. The molecule has 2 aliphatic rings. The highest BCUT2D eigenvalue weighted by molar-refractivity contribution is 6.22. The standard InChI is InChI=1S/C17H19F2N3O4/c1-2-26-17(25)21-7-5-20(6-8-21)14-10-15(23)22(16(14)24)11-3-4-12(18)13(19)9-11/h3-4,9,14H,2,5-8,10H2,1H3/t14-/m0/s1. The largest absolute Gasteiger partial charge is 0.450 e. The van der Waals surface area contributed by atoms with Gasteiger partial charge in [0.15, 0.2) is 11.6 Å². The minimum atomic E-state index is -1.12. The lowest BCUT2D eigenvalue weighted by Gasteiger charge is -2.36. The van der Waals surface area contributed by atoms with E-state index in [1.165, 1.54) is 6.07 Å². The molecule has 2 aliphatic heterocycles. The van der Waals surface area contributed by atoms with E-state index in [0.717, 1.165) is 17.0 Å². The number of anilines is 1. The van der Waals surface area contributed by atoms with Gasteiger partial charge in [0.1, 0.15) is 0 Å². The molecule has 2 saturated heterocycles. The summed E-state index contributed by atoms with van der Waals surface area (Å²) >= 11 is 0. The van der Waals surface area contributed by atoms with Gasteiger partial charge >= 0.3 is 6.09 Å². The molecule has 0 aromatic heterocycles. The molecule has 2 heterocycles. The lowest BCUT2D eigenvalue weighted by molar-refractivity contribution is -0.123. The van der Waals surface area contributed by atoms with Gasteiger partial charge in [-0.15, -0.1) is 0 Å². The molecule has 1 aromatic carbocycles. The maximum absolute atomic E-state index is 13.4. The van der Waals surface area contributed by atoms with Crippen LogP contribution in [-0.2, 0) is 14.3 Å². The van der Waals surface area contributed by atoms with Gasteiger partial charge in [-0.1, -0.05) is 0 Å². The molecule has 0 bridgehead atoms. The van der Waals surface area contributed by atoms with Gasteiger partial charge in [0.2, 0.25) is 5.91 Å². The smallest absolute Gasteiger partial charge is 0.409 e. The molecule has 140 valence electrons. The fourth-order valence-corrected chi connectivity index (χ4v) is 3.23. The summed E-state index contributed by atoms with van der Waals surface area (Å²) in [7, 11) is 0. The number of carbonyl (C=O) groups excluding carboxylic acids is 3. The molecule has 0 spiro atoms. The summed E-state index contributed by atoms with van der Waals surface area (Å²) in [5.74, 6) is -3.08. The maximum atomic E-state index is 13.4. The lowest BCUT2D eigenvalue weighted by Crippen LogP contribution is -2.54. The Labute approximate surface area is 149 Å². The number of hydrogen-bond donors (Lipinski definition) is 0. The van der Waals surface area contributed by atoms with Gasteiger partial charge in [-0.2, -0.15) is 0 Å². The van der Waals surface area contributed by atoms with E-state index >= 15 is 0 Å². The zero-order valence-corrected chi connectivity index (χ0v) is 14.3. The molecule has 9 heteroatoms. The van der Waals surface area contributed by atoms with Gasteiger partial charge in [-0.05, 0) is 19.1 Å². The van der Waals surface area contributed by atoms with E-state index in [0.29, 0.717) is 26.2 Å². The van der Waals surface area contributed by atoms with Crippen LogP contribution < -0.4 is 4.90 Å². The summed E-state index contributed by atoms with van der Waals surface area (Å²) in [4.78, 5) is 40.9. The van der Waals surface area contributed by atoms with E-state index in [9.17, 15) is 23.2 Å². The van der Waals surface area contributed by atoms with Crippen LogP contribution in [0.15, 0.2) is 18.2 Å². The van der Waals surface area contributed by atoms with E-state index in [4.69, 9.17) is 4.74 Å². The molecule has 0 unspecified atom stereocenters. The molecule has 1 atom stereocenters. The average molecular weight is 367 g/mol. The lowest BCUT2D eigenvalue weighted by atomic mass is 10.2. The van der Waals surface area contributed by atoms with Crippen LogP contribution in [0.4, 0.5) is 19.3 Å². The summed E-state index contributed by atoms with van der Waals surface area (Å²) in [6.45, 7) is 3.65. The third-order valence-electron chi connectivity index (χ3n) is 4.57. The molecule has 0 saturated carbocycles. The predicted octanol–water partition coefficient (Wildman–Crippen LogP) is 1.37. The van der Waals surface area contributed by atoms with Crippen molar-refractivity contribution < 1.29 is 27.9 Å². The number of carbonyl (C=O) groups is 3. The fraction of sp³-hybridized carbons (Fsp3) is 0.471. The second-order valence-corrected chi connectivity index (χ2v) is 6.11. The Morgan fingerprint density at radius 2 is 1.85 bits per heavy atom. The quantitative estimate of drug-likeness (QED) is 0.755. The van der Waals surface area contributed by atoms with Crippen molar-refractivity contribution >= 4 is 23.6 Å². The Balaban J connectivity index is 1.68. The molecule has 7 nitrogen and oxygen atoms in total. The van der Waals surface area contributed by atoms with Crippen LogP contribution in [0.25, 0.3) is 0 Å². The normalized spacial score (nSPS) is 21.4. The first kappa shape index (κ1) is 18.2. The van der Waals surface area contributed by atoms with Crippen LogP contribution in [-0.4, -0.2) is 66.5 Å². The van der Waals surface area contributed by atoms with Crippen molar-refractivity contribution in [1.82, 2.24) is 9.80 Å². The second-order valence-electron chi connectivity index (χ2n) is 6.11. The zero-order chi connectivity index (χ0) is 18.8. The van der Waals surface area contributed by atoms with Crippen LogP contribution in [0.3, 0.4) is 0 Å². The molecular formula is C17H19F2N3O4. The van der Waals surface area contributed by atoms with Gasteiger partial charge in [0.05, 0.1) is 24.8 Å². The SMILES string of the molecule is CCOC(=O)N1CCN([C@H]2CC(=O)N(c3ccc(F)c(F)c3)C2=O)CC1. The molecule has 0 radical (unpaired) electrons. The van der Waals surface area contributed by atoms with Gasteiger partial charge in [0, 0.05) is 32.2 Å². The Morgan fingerprint density at radius 3 is 2.46 bits per heavy atom. The summed E-state index contributed by atoms with van der Waals surface area (Å²) in [5.41, 5.74) is 0.0200. The third kappa shape index (κ3) is 3.39. The zero-order valence-electron chi connectivity index (χ0n) is 14.3. The maximum Gasteiger partial charge on any atom is 0.409 e. The van der Waals surface area contributed by atoms with Gasteiger partial charge in [-0.3, -0.25) is 14.5 Å². The van der Waals surface area contributed by atoms with Crippen LogP contribution in [0.5, 0.6) is 0 Å². The first-order valence-corrected chi connectivity index (χ1v) is 8.40. The van der Waals surface area contributed by atoms with Gasteiger partial charge in [-0.25, -0.2) is 18.5 Å². The summed E-state index contributed by atoms with van der Waals surface area (Å²) in [6, 6.07) is 2.26. The predicted molar refractivity (Wildman–Crippen MR) is 87.4 cm³/mol. The van der Waals surface area contributed by atoms with E-state index in [1.54, 1.807) is 11.8 Å². The van der Waals surface area contributed by atoms with Crippen LogP contribution in [0, 0.1) is 11.6 Å². The number of benzene rings is 1. The number of amides is 3. The first-order chi connectivity index (χ1) is 12.4. The monoisotopic (exact) mass is 367 g/mol. The van der Waals surface area contributed by atoms with Crippen LogP contribution >= 0.6 is 0 Å². The van der Waals surface area contributed by atoms with Crippen molar-refractivity contribution in [3.8, 4) is 0 Å².